The fraction of sp³-hybridized carbons (Fsp3) is 0.440. The van der Waals surface area contributed by atoms with Gasteiger partial charge in [-0.25, -0.2) is 0 Å². The molecule has 0 amide bonds. The molecule has 3 aliphatic rings. The van der Waals surface area contributed by atoms with Crippen LogP contribution in [0.4, 0.5) is 0 Å². The van der Waals surface area contributed by atoms with E-state index < -0.39 is 79.2 Å². The molecule has 204 valence electrons. The number of aliphatic hydroxyl groups excluding tert-OH is 6. The lowest BCUT2D eigenvalue weighted by molar-refractivity contribution is -0.307. The summed E-state index contributed by atoms with van der Waals surface area (Å²) in [7, 11) is 0. The van der Waals surface area contributed by atoms with Crippen LogP contribution in [-0.2, 0) is 14.2 Å². The Kier molecular flexibility index (Phi) is 7.21. The minimum absolute atomic E-state index is 0.0382. The van der Waals surface area contributed by atoms with Gasteiger partial charge in [0.2, 0.25) is 6.29 Å². The number of phenols is 1. The second-order valence-corrected chi connectivity index (χ2v) is 9.29. The zero-order valence-corrected chi connectivity index (χ0v) is 19.7. The van der Waals surface area contributed by atoms with E-state index in [4.69, 9.17) is 18.9 Å². The number of benzene rings is 2. The van der Waals surface area contributed by atoms with Gasteiger partial charge in [-0.05, 0) is 12.1 Å². The molecule has 1 aliphatic carbocycles. The summed E-state index contributed by atoms with van der Waals surface area (Å²) in [6.45, 7) is -0.831. The maximum absolute atomic E-state index is 13.0. The van der Waals surface area contributed by atoms with Crippen LogP contribution in [-0.4, -0.2) is 116 Å². The topological polar surface area (TPSA) is 213 Å². The van der Waals surface area contributed by atoms with Crippen molar-refractivity contribution in [2.75, 3.05) is 13.2 Å². The van der Waals surface area contributed by atoms with Crippen molar-refractivity contribution in [2.45, 2.75) is 55.3 Å². The maximum Gasteiger partial charge on any atom is 0.229 e. The van der Waals surface area contributed by atoms with Crippen LogP contribution in [0.15, 0.2) is 36.4 Å². The number of fused-ring (bicyclic) bond motifs is 2. The third-order valence-electron chi connectivity index (χ3n) is 6.80. The number of carbonyl (C=O) groups excluding carboxylic acids is 2. The smallest absolute Gasteiger partial charge is 0.229 e. The molecule has 2 fully saturated rings. The summed E-state index contributed by atoms with van der Waals surface area (Å²) in [4.78, 5) is 25.8. The molecule has 0 aromatic heterocycles. The van der Waals surface area contributed by atoms with Crippen LogP contribution in [0.5, 0.6) is 11.5 Å². The third kappa shape index (κ3) is 4.58. The molecule has 2 aromatic carbocycles. The molecule has 2 aromatic rings. The summed E-state index contributed by atoms with van der Waals surface area (Å²) in [5.41, 5.74) is 0.287. The Hall–Kier alpha value is -2.98. The fourth-order valence-corrected chi connectivity index (χ4v) is 4.60. The molecular weight excluding hydrogens is 508 g/mol. The van der Waals surface area contributed by atoms with Gasteiger partial charge in [0.25, 0.3) is 0 Å². The third-order valence-corrected chi connectivity index (χ3v) is 6.80. The summed E-state index contributed by atoms with van der Waals surface area (Å²) in [6.07, 6.45) is -14.1. The largest absolute Gasteiger partial charge is 0.504 e. The molecule has 0 radical (unpaired) electrons. The van der Waals surface area contributed by atoms with Crippen molar-refractivity contribution < 1.29 is 64.3 Å². The molecule has 9 unspecified atom stereocenters. The van der Waals surface area contributed by atoms with E-state index in [1.54, 1.807) is 12.1 Å². The van der Waals surface area contributed by atoms with Crippen molar-refractivity contribution in [2.24, 2.45) is 0 Å². The normalized spacial score (nSPS) is 34.9. The molecule has 0 saturated carbocycles. The highest BCUT2D eigenvalue weighted by molar-refractivity contribution is 6.28. The lowest BCUT2D eigenvalue weighted by Crippen LogP contribution is -2.61. The quantitative estimate of drug-likeness (QED) is 0.186. The zero-order chi connectivity index (χ0) is 27.3. The van der Waals surface area contributed by atoms with Gasteiger partial charge in [-0.1, -0.05) is 24.3 Å². The summed E-state index contributed by atoms with van der Waals surface area (Å²) in [5, 5.41) is 71.0. The average molecular weight is 534 g/mol. The Balaban J connectivity index is 1.33. The van der Waals surface area contributed by atoms with Gasteiger partial charge in [-0.2, -0.15) is 0 Å². The van der Waals surface area contributed by atoms with E-state index in [1.807, 2.05) is 0 Å². The first-order chi connectivity index (χ1) is 18.1. The highest BCUT2D eigenvalue weighted by Crippen LogP contribution is 2.37. The zero-order valence-electron chi connectivity index (χ0n) is 19.7. The Morgan fingerprint density at radius 2 is 1.37 bits per heavy atom. The lowest BCUT2D eigenvalue weighted by Gasteiger charge is -2.41. The lowest BCUT2D eigenvalue weighted by atomic mass is 9.84. The molecule has 5 rings (SSSR count). The van der Waals surface area contributed by atoms with Gasteiger partial charge in [0.1, 0.15) is 42.7 Å². The van der Waals surface area contributed by atoms with Gasteiger partial charge >= 0.3 is 0 Å². The first-order valence-corrected chi connectivity index (χ1v) is 11.8. The maximum atomic E-state index is 13.0. The Labute approximate surface area is 215 Å². The SMILES string of the molecule is O=C1c2ccccc2C(=O)c2cc(OC3OC(COC4OCC(O)C(O)C4O)C(O)C(O)C3O)c(O)cc21. The van der Waals surface area contributed by atoms with Gasteiger partial charge in [-0.3, -0.25) is 9.59 Å². The number of aromatic hydroxyl groups is 1. The minimum Gasteiger partial charge on any atom is -0.504 e. The van der Waals surface area contributed by atoms with Crippen LogP contribution < -0.4 is 4.74 Å². The van der Waals surface area contributed by atoms with E-state index in [0.717, 1.165) is 12.1 Å². The second-order valence-electron chi connectivity index (χ2n) is 9.29. The number of hydrogen-bond acceptors (Lipinski definition) is 13. The van der Waals surface area contributed by atoms with Crippen LogP contribution in [0.1, 0.15) is 31.8 Å². The summed E-state index contributed by atoms with van der Waals surface area (Å²) >= 11 is 0. The van der Waals surface area contributed by atoms with Gasteiger partial charge in [0.05, 0.1) is 13.2 Å². The van der Waals surface area contributed by atoms with Crippen LogP contribution in [0.2, 0.25) is 0 Å². The summed E-state index contributed by atoms with van der Waals surface area (Å²) < 4.78 is 21.6. The summed E-state index contributed by atoms with van der Waals surface area (Å²) in [6, 6.07) is 8.40. The monoisotopic (exact) mass is 534 g/mol. The van der Waals surface area contributed by atoms with Gasteiger partial charge in [0, 0.05) is 22.3 Å². The number of phenolic OH excluding ortho intramolecular Hbond substituents is 1. The molecule has 38 heavy (non-hydrogen) atoms. The van der Waals surface area contributed by atoms with E-state index >= 15 is 0 Å². The van der Waals surface area contributed by atoms with Crippen molar-refractivity contribution in [3.05, 3.63) is 58.7 Å². The standard InChI is InChI=1S/C25H26O13/c26-13-5-11-12(18(29)10-4-2-1-3-9(10)17(11)28)6-15(13)37-25-23(34)21(32)20(31)16(38-25)8-36-24-22(33)19(30)14(27)7-35-24/h1-6,14,16,19-27,30-34H,7-8H2. The molecule has 13 heteroatoms. The molecular formula is C25H26O13. The predicted molar refractivity (Wildman–Crippen MR) is 122 cm³/mol. The summed E-state index contributed by atoms with van der Waals surface area (Å²) in [5.74, 6) is -1.82. The molecule has 7 N–H and O–H groups in total. The highest BCUT2D eigenvalue weighted by atomic mass is 16.7. The van der Waals surface area contributed by atoms with Crippen molar-refractivity contribution in [1.82, 2.24) is 0 Å². The molecule has 0 spiro atoms. The van der Waals surface area contributed by atoms with Gasteiger partial charge in [-0.15, -0.1) is 0 Å². The fourth-order valence-electron chi connectivity index (χ4n) is 4.60. The number of rotatable bonds is 5. The Bertz CT molecular complexity index is 1230. The molecule has 13 nitrogen and oxygen atoms in total. The molecule has 0 bridgehead atoms. The van der Waals surface area contributed by atoms with E-state index in [0.29, 0.717) is 0 Å². The first kappa shape index (κ1) is 26.6. The van der Waals surface area contributed by atoms with Gasteiger partial charge in [0.15, 0.2) is 29.4 Å². The van der Waals surface area contributed by atoms with Crippen LogP contribution in [0.25, 0.3) is 0 Å². The van der Waals surface area contributed by atoms with E-state index in [-0.39, 0.29) is 34.6 Å². The van der Waals surface area contributed by atoms with E-state index in [1.165, 1.54) is 12.1 Å². The average Bonchev–Trinajstić information content (AvgIpc) is 2.91. The van der Waals surface area contributed by atoms with Crippen molar-refractivity contribution in [1.29, 1.82) is 0 Å². The van der Waals surface area contributed by atoms with Crippen molar-refractivity contribution in [3.8, 4) is 11.5 Å². The second kappa shape index (κ2) is 10.3. The predicted octanol–water partition coefficient (Wildman–Crippen LogP) is -2.19. The number of aliphatic hydroxyl groups is 6. The minimum atomic E-state index is -1.80. The van der Waals surface area contributed by atoms with E-state index in [2.05, 4.69) is 0 Å². The first-order valence-electron chi connectivity index (χ1n) is 11.8. The van der Waals surface area contributed by atoms with Crippen molar-refractivity contribution in [3.63, 3.8) is 0 Å². The van der Waals surface area contributed by atoms with Gasteiger partial charge < -0.3 is 54.7 Å². The highest BCUT2D eigenvalue weighted by Gasteiger charge is 2.47. The molecule has 2 saturated heterocycles. The van der Waals surface area contributed by atoms with E-state index in [9.17, 15) is 45.3 Å². The molecule has 2 aliphatic heterocycles. The van der Waals surface area contributed by atoms with Crippen molar-refractivity contribution >= 4 is 11.6 Å². The van der Waals surface area contributed by atoms with Crippen LogP contribution >= 0.6 is 0 Å². The molecule has 9 atom stereocenters. The number of carbonyl (C=O) groups is 2. The molecule has 2 heterocycles. The van der Waals surface area contributed by atoms with Crippen LogP contribution in [0, 0.1) is 0 Å². The van der Waals surface area contributed by atoms with Crippen LogP contribution in [0.3, 0.4) is 0 Å². The Morgan fingerprint density at radius 1 is 0.763 bits per heavy atom. The number of hydrogen-bond donors (Lipinski definition) is 7. The Morgan fingerprint density at radius 3 is 2.03 bits per heavy atom. The number of ether oxygens (including phenoxy) is 4. The number of ketones is 2.